The van der Waals surface area contributed by atoms with Crippen LogP contribution in [0.1, 0.15) is 58.8 Å². The summed E-state index contributed by atoms with van der Waals surface area (Å²) in [6.45, 7) is 6.44. The summed E-state index contributed by atoms with van der Waals surface area (Å²) in [5, 5.41) is 3.73. The molecule has 3 N–H and O–H groups in total. The van der Waals surface area contributed by atoms with Crippen LogP contribution in [0.5, 0.6) is 0 Å². The summed E-state index contributed by atoms with van der Waals surface area (Å²) in [5.41, 5.74) is 6.24. The highest BCUT2D eigenvalue weighted by atomic mass is 15.0. The van der Waals surface area contributed by atoms with E-state index < -0.39 is 0 Å². The average molecular weight is 212 g/mol. The van der Waals surface area contributed by atoms with Crippen molar-refractivity contribution in [1.29, 1.82) is 0 Å². The van der Waals surface area contributed by atoms with E-state index in [1.165, 1.54) is 44.9 Å². The molecule has 1 aliphatic carbocycles. The van der Waals surface area contributed by atoms with Crippen molar-refractivity contribution in [3.8, 4) is 0 Å². The Morgan fingerprint density at radius 2 is 1.60 bits per heavy atom. The van der Waals surface area contributed by atoms with Gasteiger partial charge in [0.25, 0.3) is 0 Å². The summed E-state index contributed by atoms with van der Waals surface area (Å²) >= 11 is 0. The van der Waals surface area contributed by atoms with Gasteiger partial charge in [-0.3, -0.25) is 0 Å². The third-order valence-electron chi connectivity index (χ3n) is 3.59. The summed E-state index contributed by atoms with van der Waals surface area (Å²) < 4.78 is 0. The topological polar surface area (TPSA) is 38.0 Å². The summed E-state index contributed by atoms with van der Waals surface area (Å²) in [7, 11) is 0. The van der Waals surface area contributed by atoms with Crippen LogP contribution in [0.3, 0.4) is 0 Å². The first-order valence-electron chi connectivity index (χ1n) is 6.64. The maximum absolute atomic E-state index is 5.98. The molecule has 0 amide bonds. The van der Waals surface area contributed by atoms with Crippen LogP contribution >= 0.6 is 0 Å². The third kappa shape index (κ3) is 4.52. The van der Waals surface area contributed by atoms with E-state index in [9.17, 15) is 0 Å². The van der Waals surface area contributed by atoms with Gasteiger partial charge >= 0.3 is 0 Å². The number of hydrogen-bond acceptors (Lipinski definition) is 2. The lowest BCUT2D eigenvalue weighted by atomic mass is 9.83. The molecule has 0 aromatic carbocycles. The zero-order valence-corrected chi connectivity index (χ0v) is 10.5. The highest BCUT2D eigenvalue weighted by Crippen LogP contribution is 2.25. The summed E-state index contributed by atoms with van der Waals surface area (Å²) in [5.74, 6) is 0.721. The Kier molecular flexibility index (Phi) is 5.62. The lowest BCUT2D eigenvalue weighted by molar-refractivity contribution is 0.247. The number of hydrogen-bond donors (Lipinski definition) is 2. The van der Waals surface area contributed by atoms with Crippen LogP contribution in [0, 0.1) is 5.92 Å². The zero-order valence-electron chi connectivity index (χ0n) is 10.5. The minimum absolute atomic E-state index is 0.255. The van der Waals surface area contributed by atoms with Crippen LogP contribution in [0.25, 0.3) is 0 Å². The molecule has 1 saturated carbocycles. The Balaban J connectivity index is 2.46. The molecule has 2 nitrogen and oxygen atoms in total. The van der Waals surface area contributed by atoms with E-state index in [1.807, 2.05) is 0 Å². The van der Waals surface area contributed by atoms with Gasteiger partial charge in [0.2, 0.25) is 0 Å². The highest BCUT2D eigenvalue weighted by Gasteiger charge is 2.27. The lowest BCUT2D eigenvalue weighted by Crippen LogP contribution is -2.52. The molecule has 0 aromatic rings. The third-order valence-corrected chi connectivity index (χ3v) is 3.59. The molecular weight excluding hydrogens is 184 g/mol. The molecule has 0 aliphatic heterocycles. The van der Waals surface area contributed by atoms with Gasteiger partial charge in [-0.1, -0.05) is 46.0 Å². The van der Waals surface area contributed by atoms with Gasteiger partial charge < -0.3 is 11.1 Å². The Labute approximate surface area is 95.0 Å². The molecule has 0 radical (unpaired) electrons. The van der Waals surface area contributed by atoms with E-state index in [0.29, 0.717) is 0 Å². The minimum atomic E-state index is 0.255. The molecule has 0 bridgehead atoms. The predicted molar refractivity (Wildman–Crippen MR) is 66.9 cm³/mol. The quantitative estimate of drug-likeness (QED) is 0.752. The van der Waals surface area contributed by atoms with Crippen LogP contribution in [-0.2, 0) is 0 Å². The van der Waals surface area contributed by atoms with Crippen LogP contribution in [0.4, 0.5) is 0 Å². The van der Waals surface area contributed by atoms with Crippen molar-refractivity contribution in [2.24, 2.45) is 11.7 Å². The second-order valence-corrected chi connectivity index (χ2v) is 5.53. The van der Waals surface area contributed by atoms with Gasteiger partial charge in [0.1, 0.15) is 0 Å². The SMILES string of the molecule is CC(C)CNC1(CN)CCCCCCC1. The van der Waals surface area contributed by atoms with Gasteiger partial charge in [0.15, 0.2) is 0 Å². The van der Waals surface area contributed by atoms with Gasteiger partial charge in [-0.15, -0.1) is 0 Å². The second kappa shape index (κ2) is 6.49. The first kappa shape index (κ1) is 13.0. The Bertz CT molecular complexity index is 158. The Morgan fingerprint density at radius 3 is 2.07 bits per heavy atom. The fourth-order valence-electron chi connectivity index (χ4n) is 2.46. The standard InChI is InChI=1S/C13H28N2/c1-12(2)10-15-13(11-14)8-6-4-3-5-7-9-13/h12,15H,3-11,14H2,1-2H3. The van der Waals surface area contributed by atoms with Crippen molar-refractivity contribution in [2.45, 2.75) is 64.3 Å². The monoisotopic (exact) mass is 212 g/mol. The van der Waals surface area contributed by atoms with Crippen molar-refractivity contribution in [3.05, 3.63) is 0 Å². The Hall–Kier alpha value is -0.0800. The van der Waals surface area contributed by atoms with Crippen LogP contribution in [0.2, 0.25) is 0 Å². The highest BCUT2D eigenvalue weighted by molar-refractivity contribution is 4.90. The van der Waals surface area contributed by atoms with E-state index in [0.717, 1.165) is 19.0 Å². The van der Waals surface area contributed by atoms with Gasteiger partial charge in [-0.05, 0) is 25.3 Å². The average Bonchev–Trinajstić information content (AvgIpc) is 2.17. The molecule has 15 heavy (non-hydrogen) atoms. The molecule has 2 heteroatoms. The number of nitrogens with one attached hydrogen (secondary N) is 1. The largest absolute Gasteiger partial charge is 0.329 e. The van der Waals surface area contributed by atoms with Crippen molar-refractivity contribution in [1.82, 2.24) is 5.32 Å². The van der Waals surface area contributed by atoms with Crippen molar-refractivity contribution in [3.63, 3.8) is 0 Å². The van der Waals surface area contributed by atoms with Gasteiger partial charge in [-0.2, -0.15) is 0 Å². The first-order valence-corrected chi connectivity index (χ1v) is 6.64. The van der Waals surface area contributed by atoms with Gasteiger partial charge in [0, 0.05) is 12.1 Å². The van der Waals surface area contributed by atoms with Crippen LogP contribution in [-0.4, -0.2) is 18.6 Å². The summed E-state index contributed by atoms with van der Waals surface area (Å²) in [6.07, 6.45) is 9.46. The van der Waals surface area contributed by atoms with E-state index in [2.05, 4.69) is 19.2 Å². The fraction of sp³-hybridized carbons (Fsp3) is 1.00. The normalized spacial score (nSPS) is 22.4. The molecule has 1 aliphatic rings. The first-order chi connectivity index (χ1) is 7.18. The Morgan fingerprint density at radius 1 is 1.07 bits per heavy atom. The smallest absolute Gasteiger partial charge is 0.0304 e. The van der Waals surface area contributed by atoms with E-state index in [4.69, 9.17) is 5.73 Å². The molecule has 1 rings (SSSR count). The summed E-state index contributed by atoms with van der Waals surface area (Å²) in [4.78, 5) is 0. The second-order valence-electron chi connectivity index (χ2n) is 5.53. The van der Waals surface area contributed by atoms with E-state index in [1.54, 1.807) is 0 Å². The molecule has 0 unspecified atom stereocenters. The molecule has 1 fully saturated rings. The number of rotatable bonds is 4. The molecule has 0 spiro atoms. The molecule has 0 atom stereocenters. The van der Waals surface area contributed by atoms with Crippen molar-refractivity contribution in [2.75, 3.05) is 13.1 Å². The number of nitrogens with two attached hydrogens (primary N) is 1. The van der Waals surface area contributed by atoms with Gasteiger partial charge in [0.05, 0.1) is 0 Å². The fourth-order valence-corrected chi connectivity index (χ4v) is 2.46. The zero-order chi connectivity index (χ0) is 11.1. The van der Waals surface area contributed by atoms with Crippen molar-refractivity contribution < 1.29 is 0 Å². The molecule has 0 aromatic heterocycles. The molecule has 0 saturated heterocycles. The van der Waals surface area contributed by atoms with Crippen molar-refractivity contribution >= 4 is 0 Å². The van der Waals surface area contributed by atoms with Gasteiger partial charge in [-0.25, -0.2) is 0 Å². The molecular formula is C13H28N2. The van der Waals surface area contributed by atoms with E-state index in [-0.39, 0.29) is 5.54 Å². The van der Waals surface area contributed by atoms with Crippen LogP contribution in [0.15, 0.2) is 0 Å². The van der Waals surface area contributed by atoms with E-state index >= 15 is 0 Å². The summed E-state index contributed by atoms with van der Waals surface area (Å²) in [6, 6.07) is 0. The van der Waals surface area contributed by atoms with Crippen LogP contribution < -0.4 is 11.1 Å². The maximum Gasteiger partial charge on any atom is 0.0304 e. The predicted octanol–water partition coefficient (Wildman–Crippen LogP) is 2.67. The molecule has 90 valence electrons. The maximum atomic E-state index is 5.98. The molecule has 0 heterocycles. The lowest BCUT2D eigenvalue weighted by Gasteiger charge is -2.36. The minimum Gasteiger partial charge on any atom is -0.329 e.